The fraction of sp³-hybridized carbons (Fsp3) is 0.350. The normalized spacial score (nSPS) is 10.3. The Labute approximate surface area is 173 Å². The summed E-state index contributed by atoms with van der Waals surface area (Å²) in [5, 5.41) is 0. The summed E-state index contributed by atoms with van der Waals surface area (Å²) in [7, 11) is 4.44. The minimum absolute atomic E-state index is 0.0995. The van der Waals surface area contributed by atoms with Gasteiger partial charge in [0.25, 0.3) is 11.8 Å². The monoisotopic (exact) mass is 419 g/mol. The molecule has 0 bridgehead atoms. The summed E-state index contributed by atoms with van der Waals surface area (Å²) >= 11 is 0. The topological polar surface area (TPSA) is 128 Å². The second-order valence-electron chi connectivity index (χ2n) is 6.23. The molecule has 2 rings (SSSR count). The summed E-state index contributed by atoms with van der Waals surface area (Å²) in [4.78, 5) is 39.9. The molecule has 1 aromatic heterocycles. The van der Waals surface area contributed by atoms with Crippen molar-refractivity contribution in [3.8, 4) is 11.5 Å². The predicted molar refractivity (Wildman–Crippen MR) is 107 cm³/mol. The fourth-order valence-corrected chi connectivity index (χ4v) is 2.80. The highest BCUT2D eigenvalue weighted by Crippen LogP contribution is 2.27. The van der Waals surface area contributed by atoms with Crippen molar-refractivity contribution in [2.75, 3.05) is 34.5 Å². The van der Waals surface area contributed by atoms with Crippen molar-refractivity contribution in [3.63, 3.8) is 0 Å². The molecule has 0 saturated heterocycles. The lowest BCUT2D eigenvalue weighted by Crippen LogP contribution is -2.42. The van der Waals surface area contributed by atoms with Crippen LogP contribution in [-0.4, -0.2) is 57.3 Å². The minimum Gasteiger partial charge on any atom is -0.493 e. The molecule has 0 aliphatic rings. The molecular weight excluding hydrogens is 394 g/mol. The van der Waals surface area contributed by atoms with E-state index in [4.69, 9.17) is 18.9 Å². The van der Waals surface area contributed by atoms with Crippen LogP contribution in [0, 0.1) is 13.8 Å². The van der Waals surface area contributed by atoms with Crippen molar-refractivity contribution in [2.24, 2.45) is 0 Å². The molecule has 162 valence electrons. The van der Waals surface area contributed by atoms with E-state index in [1.807, 2.05) is 0 Å². The SMILES string of the molecule is COCCOC(=O)c1c(C)[nH]c(C(=O)NNC(=O)c2ccc(OC)c(OC)c2)c1C. The van der Waals surface area contributed by atoms with Crippen molar-refractivity contribution in [2.45, 2.75) is 13.8 Å². The summed E-state index contributed by atoms with van der Waals surface area (Å²) in [6.45, 7) is 3.63. The molecule has 0 aliphatic heterocycles. The van der Waals surface area contributed by atoms with Gasteiger partial charge in [0.1, 0.15) is 12.3 Å². The zero-order valence-electron chi connectivity index (χ0n) is 17.5. The third-order valence-electron chi connectivity index (χ3n) is 4.32. The maximum absolute atomic E-state index is 12.5. The highest BCUT2D eigenvalue weighted by Gasteiger charge is 2.23. The number of methoxy groups -OCH3 is 3. The van der Waals surface area contributed by atoms with Crippen molar-refractivity contribution < 1.29 is 33.3 Å². The first-order chi connectivity index (χ1) is 14.3. The summed E-state index contributed by atoms with van der Waals surface area (Å²) in [6.07, 6.45) is 0. The highest BCUT2D eigenvalue weighted by atomic mass is 16.6. The number of aryl methyl sites for hydroxylation is 1. The number of H-pyrrole nitrogens is 1. The first kappa shape index (κ1) is 22.8. The smallest absolute Gasteiger partial charge is 0.340 e. The molecule has 0 spiro atoms. The highest BCUT2D eigenvalue weighted by molar-refractivity contribution is 6.02. The number of aromatic nitrogens is 1. The van der Waals surface area contributed by atoms with Gasteiger partial charge in [-0.15, -0.1) is 0 Å². The standard InChI is InChI=1S/C20H25N3O7/c1-11-16(20(26)30-9-8-27-3)12(2)21-17(11)19(25)23-22-18(24)13-6-7-14(28-4)15(10-13)29-5/h6-7,10,21H,8-9H2,1-5H3,(H,22,24)(H,23,25). The molecule has 30 heavy (non-hydrogen) atoms. The minimum atomic E-state index is -0.611. The molecule has 3 N–H and O–H groups in total. The van der Waals surface area contributed by atoms with Crippen LogP contribution < -0.4 is 20.3 Å². The van der Waals surface area contributed by atoms with Gasteiger partial charge in [-0.1, -0.05) is 0 Å². The van der Waals surface area contributed by atoms with Gasteiger partial charge < -0.3 is 23.9 Å². The number of esters is 1. The van der Waals surface area contributed by atoms with Crippen LogP contribution >= 0.6 is 0 Å². The third kappa shape index (κ3) is 5.09. The Morgan fingerprint density at radius 1 is 0.933 bits per heavy atom. The Bertz CT molecular complexity index is 937. The number of hydrogen-bond donors (Lipinski definition) is 3. The number of rotatable bonds is 8. The van der Waals surface area contributed by atoms with Gasteiger partial charge in [-0.05, 0) is 37.6 Å². The number of ether oxygens (including phenoxy) is 4. The number of hydrazine groups is 1. The lowest BCUT2D eigenvalue weighted by Gasteiger charge is -2.10. The summed E-state index contributed by atoms with van der Waals surface area (Å²) in [6, 6.07) is 4.59. The Morgan fingerprint density at radius 2 is 1.60 bits per heavy atom. The molecule has 0 unspecified atom stereocenters. The molecule has 1 aromatic carbocycles. The van der Waals surface area contributed by atoms with E-state index < -0.39 is 17.8 Å². The number of hydrogen-bond acceptors (Lipinski definition) is 7. The number of carbonyl (C=O) groups is 3. The largest absolute Gasteiger partial charge is 0.493 e. The lowest BCUT2D eigenvalue weighted by molar-refractivity contribution is 0.0386. The van der Waals surface area contributed by atoms with Gasteiger partial charge in [-0.2, -0.15) is 0 Å². The van der Waals surface area contributed by atoms with Gasteiger partial charge in [0.2, 0.25) is 0 Å². The van der Waals surface area contributed by atoms with Crippen LogP contribution in [0.25, 0.3) is 0 Å². The van der Waals surface area contributed by atoms with E-state index in [1.54, 1.807) is 19.9 Å². The van der Waals surface area contributed by atoms with Crippen LogP contribution in [0.5, 0.6) is 11.5 Å². The van der Waals surface area contributed by atoms with Gasteiger partial charge in [-0.3, -0.25) is 20.4 Å². The van der Waals surface area contributed by atoms with Gasteiger partial charge in [0.05, 0.1) is 26.4 Å². The van der Waals surface area contributed by atoms with E-state index in [1.165, 1.54) is 33.5 Å². The molecule has 2 amide bonds. The maximum Gasteiger partial charge on any atom is 0.340 e. The maximum atomic E-state index is 12.5. The molecule has 0 aliphatic carbocycles. The summed E-state index contributed by atoms with van der Waals surface area (Å²) in [5.74, 6) is -0.874. The number of aromatic amines is 1. The van der Waals surface area contributed by atoms with Crippen molar-refractivity contribution in [3.05, 3.63) is 46.3 Å². The molecule has 2 aromatic rings. The number of benzene rings is 1. The van der Waals surface area contributed by atoms with Crippen LogP contribution in [-0.2, 0) is 9.47 Å². The van der Waals surface area contributed by atoms with E-state index in [2.05, 4.69) is 15.8 Å². The van der Waals surface area contributed by atoms with Crippen molar-refractivity contribution in [1.82, 2.24) is 15.8 Å². The Kier molecular flexibility index (Phi) is 7.82. The lowest BCUT2D eigenvalue weighted by atomic mass is 10.1. The van der Waals surface area contributed by atoms with Gasteiger partial charge in [0.15, 0.2) is 11.5 Å². The quantitative estimate of drug-likeness (QED) is 0.336. The Morgan fingerprint density at radius 3 is 2.23 bits per heavy atom. The molecule has 10 nitrogen and oxygen atoms in total. The number of nitrogens with one attached hydrogen (secondary N) is 3. The second kappa shape index (κ2) is 10.3. The van der Waals surface area contributed by atoms with Crippen LogP contribution in [0.4, 0.5) is 0 Å². The number of carbonyl (C=O) groups excluding carboxylic acids is 3. The van der Waals surface area contributed by atoms with E-state index in [0.29, 0.717) is 22.8 Å². The molecule has 10 heteroatoms. The van der Waals surface area contributed by atoms with E-state index in [9.17, 15) is 14.4 Å². The molecular formula is C20H25N3O7. The molecule has 0 saturated carbocycles. The van der Waals surface area contributed by atoms with Crippen molar-refractivity contribution >= 4 is 17.8 Å². The van der Waals surface area contributed by atoms with Gasteiger partial charge in [0, 0.05) is 18.4 Å². The summed E-state index contributed by atoms with van der Waals surface area (Å²) < 4.78 is 20.2. The Hall–Kier alpha value is -3.53. The van der Waals surface area contributed by atoms with E-state index in [0.717, 1.165) is 0 Å². The van der Waals surface area contributed by atoms with Crippen LogP contribution in [0.3, 0.4) is 0 Å². The average Bonchev–Trinajstić information content (AvgIpc) is 3.05. The van der Waals surface area contributed by atoms with Crippen LogP contribution in [0.15, 0.2) is 18.2 Å². The number of amides is 2. The molecule has 0 fully saturated rings. The average molecular weight is 419 g/mol. The zero-order valence-corrected chi connectivity index (χ0v) is 17.5. The van der Waals surface area contributed by atoms with Crippen LogP contribution in [0.2, 0.25) is 0 Å². The molecule has 0 atom stereocenters. The molecule has 1 heterocycles. The first-order valence-electron chi connectivity index (χ1n) is 9.01. The second-order valence-corrected chi connectivity index (χ2v) is 6.23. The van der Waals surface area contributed by atoms with E-state index >= 15 is 0 Å². The zero-order chi connectivity index (χ0) is 22.3. The first-order valence-corrected chi connectivity index (χ1v) is 9.01. The van der Waals surface area contributed by atoms with Crippen LogP contribution in [0.1, 0.15) is 42.5 Å². The fourth-order valence-electron chi connectivity index (χ4n) is 2.80. The van der Waals surface area contributed by atoms with Gasteiger partial charge in [-0.25, -0.2) is 4.79 Å². The van der Waals surface area contributed by atoms with Crippen molar-refractivity contribution in [1.29, 1.82) is 0 Å². The third-order valence-corrected chi connectivity index (χ3v) is 4.32. The predicted octanol–water partition coefficient (Wildman–Crippen LogP) is 1.53. The molecule has 0 radical (unpaired) electrons. The van der Waals surface area contributed by atoms with Gasteiger partial charge >= 0.3 is 5.97 Å². The summed E-state index contributed by atoms with van der Waals surface area (Å²) in [5.41, 5.74) is 6.20. The Balaban J connectivity index is 2.07. The van der Waals surface area contributed by atoms with E-state index in [-0.39, 0.29) is 30.0 Å².